The summed E-state index contributed by atoms with van der Waals surface area (Å²) >= 11 is 0. The molecule has 0 atom stereocenters. The largest absolute Gasteiger partial charge is 0.330 e. The van der Waals surface area contributed by atoms with Crippen molar-refractivity contribution in [2.24, 2.45) is 5.73 Å². The maximum atomic E-state index is 11.7. The van der Waals surface area contributed by atoms with Gasteiger partial charge in [-0.15, -0.1) is 0 Å². The SMILES string of the molecule is CCN1CCN(Cc2ccc(NC(=O)CCCN)cc2)CC1. The van der Waals surface area contributed by atoms with Gasteiger partial charge in [0.05, 0.1) is 0 Å². The number of piperazine rings is 1. The highest BCUT2D eigenvalue weighted by Crippen LogP contribution is 2.13. The molecule has 1 aliphatic rings. The van der Waals surface area contributed by atoms with Crippen LogP contribution in [0.2, 0.25) is 0 Å². The minimum Gasteiger partial charge on any atom is -0.330 e. The number of anilines is 1. The lowest BCUT2D eigenvalue weighted by Crippen LogP contribution is -2.45. The molecule has 122 valence electrons. The Morgan fingerprint density at radius 3 is 2.36 bits per heavy atom. The molecule has 1 aromatic rings. The number of nitrogens with two attached hydrogens (primary N) is 1. The lowest BCUT2D eigenvalue weighted by Gasteiger charge is -2.34. The van der Waals surface area contributed by atoms with Crippen LogP contribution in [0.1, 0.15) is 25.3 Å². The number of rotatable bonds is 7. The third-order valence-corrected chi connectivity index (χ3v) is 4.16. The highest BCUT2D eigenvalue weighted by molar-refractivity contribution is 5.90. The maximum Gasteiger partial charge on any atom is 0.224 e. The molecule has 0 bridgehead atoms. The summed E-state index contributed by atoms with van der Waals surface area (Å²) in [6.07, 6.45) is 1.22. The van der Waals surface area contributed by atoms with Crippen molar-refractivity contribution in [1.29, 1.82) is 0 Å². The quantitative estimate of drug-likeness (QED) is 0.801. The molecule has 0 saturated carbocycles. The zero-order valence-electron chi connectivity index (χ0n) is 13.6. The number of amides is 1. The number of hydrogen-bond donors (Lipinski definition) is 2. The van der Waals surface area contributed by atoms with E-state index < -0.39 is 0 Å². The number of carbonyl (C=O) groups is 1. The molecule has 22 heavy (non-hydrogen) atoms. The number of nitrogens with zero attached hydrogens (tertiary/aromatic N) is 2. The van der Waals surface area contributed by atoms with Crippen molar-refractivity contribution >= 4 is 11.6 Å². The lowest BCUT2D eigenvalue weighted by molar-refractivity contribution is -0.116. The average molecular weight is 304 g/mol. The number of carbonyl (C=O) groups excluding carboxylic acids is 1. The first-order chi connectivity index (χ1) is 10.7. The summed E-state index contributed by atoms with van der Waals surface area (Å²) in [6.45, 7) is 9.48. The van der Waals surface area contributed by atoms with E-state index in [9.17, 15) is 4.79 Å². The zero-order valence-corrected chi connectivity index (χ0v) is 13.6. The fourth-order valence-electron chi connectivity index (χ4n) is 2.70. The van der Waals surface area contributed by atoms with Crippen LogP contribution in [0.5, 0.6) is 0 Å². The first kappa shape index (κ1) is 16.9. The summed E-state index contributed by atoms with van der Waals surface area (Å²) in [7, 11) is 0. The molecule has 0 radical (unpaired) electrons. The summed E-state index contributed by atoms with van der Waals surface area (Å²) in [5.41, 5.74) is 7.57. The van der Waals surface area contributed by atoms with Gasteiger partial charge in [-0.2, -0.15) is 0 Å². The Morgan fingerprint density at radius 1 is 1.14 bits per heavy atom. The zero-order chi connectivity index (χ0) is 15.8. The van der Waals surface area contributed by atoms with Gasteiger partial charge in [0.25, 0.3) is 0 Å². The molecule has 1 saturated heterocycles. The second-order valence-corrected chi connectivity index (χ2v) is 5.85. The molecule has 5 heteroatoms. The van der Waals surface area contributed by atoms with Gasteiger partial charge >= 0.3 is 0 Å². The molecule has 0 spiro atoms. The van der Waals surface area contributed by atoms with Crippen molar-refractivity contribution < 1.29 is 4.79 Å². The van der Waals surface area contributed by atoms with Crippen molar-refractivity contribution in [1.82, 2.24) is 9.80 Å². The van der Waals surface area contributed by atoms with Crippen LogP contribution in [0.15, 0.2) is 24.3 Å². The summed E-state index contributed by atoms with van der Waals surface area (Å²) in [5, 5.41) is 2.91. The fourth-order valence-corrected chi connectivity index (χ4v) is 2.70. The van der Waals surface area contributed by atoms with E-state index in [1.807, 2.05) is 12.1 Å². The first-order valence-corrected chi connectivity index (χ1v) is 8.25. The Kier molecular flexibility index (Phi) is 6.83. The minimum absolute atomic E-state index is 0.0360. The third kappa shape index (κ3) is 5.40. The van der Waals surface area contributed by atoms with Crippen molar-refractivity contribution in [3.05, 3.63) is 29.8 Å². The normalized spacial score (nSPS) is 16.6. The van der Waals surface area contributed by atoms with E-state index in [0.29, 0.717) is 13.0 Å². The van der Waals surface area contributed by atoms with Crippen LogP contribution in [0, 0.1) is 0 Å². The molecule has 0 aliphatic carbocycles. The van der Waals surface area contributed by atoms with E-state index >= 15 is 0 Å². The predicted octanol–water partition coefficient (Wildman–Crippen LogP) is 1.50. The monoisotopic (exact) mass is 304 g/mol. The molecule has 1 fully saturated rings. The number of likely N-dealkylation sites (N-methyl/N-ethyl adjacent to an activating group) is 1. The second-order valence-electron chi connectivity index (χ2n) is 5.85. The molecule has 3 N–H and O–H groups in total. The molecule has 1 heterocycles. The highest BCUT2D eigenvalue weighted by Gasteiger charge is 2.15. The predicted molar refractivity (Wildman–Crippen MR) is 90.8 cm³/mol. The van der Waals surface area contributed by atoms with Crippen molar-refractivity contribution in [2.75, 3.05) is 44.6 Å². The summed E-state index contributed by atoms with van der Waals surface area (Å²) in [5.74, 6) is 0.0360. The third-order valence-electron chi connectivity index (χ3n) is 4.16. The van der Waals surface area contributed by atoms with Gasteiger partial charge in [-0.3, -0.25) is 9.69 Å². The van der Waals surface area contributed by atoms with Gasteiger partial charge in [-0.25, -0.2) is 0 Å². The lowest BCUT2D eigenvalue weighted by atomic mass is 10.1. The minimum atomic E-state index is 0.0360. The van der Waals surface area contributed by atoms with Gasteiger partial charge in [0.2, 0.25) is 5.91 Å². The second kappa shape index (κ2) is 8.88. The van der Waals surface area contributed by atoms with Crippen LogP contribution in [-0.4, -0.2) is 55.0 Å². The molecule has 0 aromatic heterocycles. The Morgan fingerprint density at radius 2 is 1.77 bits per heavy atom. The van der Waals surface area contributed by atoms with E-state index in [2.05, 4.69) is 34.2 Å². The van der Waals surface area contributed by atoms with Crippen molar-refractivity contribution in [3.63, 3.8) is 0 Å². The van der Waals surface area contributed by atoms with Crippen LogP contribution < -0.4 is 11.1 Å². The van der Waals surface area contributed by atoms with Gasteiger partial charge < -0.3 is 16.0 Å². The number of benzene rings is 1. The van der Waals surface area contributed by atoms with Crippen LogP contribution in [0.25, 0.3) is 0 Å². The Bertz CT molecular complexity index is 452. The number of hydrogen-bond acceptors (Lipinski definition) is 4. The summed E-state index contributed by atoms with van der Waals surface area (Å²) in [4.78, 5) is 16.6. The molecule has 0 unspecified atom stereocenters. The van der Waals surface area contributed by atoms with Gasteiger partial charge in [-0.05, 0) is 37.2 Å². The standard InChI is InChI=1S/C17H28N4O/c1-2-20-10-12-21(13-11-20)14-15-5-7-16(8-6-15)19-17(22)4-3-9-18/h5-8H,2-4,9-14,18H2,1H3,(H,19,22). The van der Waals surface area contributed by atoms with Crippen LogP contribution in [0.3, 0.4) is 0 Å². The van der Waals surface area contributed by atoms with Crippen molar-refractivity contribution in [2.45, 2.75) is 26.3 Å². The van der Waals surface area contributed by atoms with Gasteiger partial charge in [0.1, 0.15) is 0 Å². The van der Waals surface area contributed by atoms with Crippen LogP contribution in [0.4, 0.5) is 5.69 Å². The molecule has 1 aromatic carbocycles. The molecular weight excluding hydrogens is 276 g/mol. The topological polar surface area (TPSA) is 61.6 Å². The Hall–Kier alpha value is -1.43. The fraction of sp³-hybridized carbons (Fsp3) is 0.588. The number of nitrogens with one attached hydrogen (secondary N) is 1. The van der Waals surface area contributed by atoms with Gasteiger partial charge in [0.15, 0.2) is 0 Å². The van der Waals surface area contributed by atoms with Crippen LogP contribution in [-0.2, 0) is 11.3 Å². The maximum absolute atomic E-state index is 11.7. The Balaban J connectivity index is 1.78. The molecule has 1 aliphatic heterocycles. The molecule has 5 nitrogen and oxygen atoms in total. The highest BCUT2D eigenvalue weighted by atomic mass is 16.1. The van der Waals surface area contributed by atoms with E-state index in [0.717, 1.165) is 51.4 Å². The molecule has 1 amide bonds. The summed E-state index contributed by atoms with van der Waals surface area (Å²) < 4.78 is 0. The molecule has 2 rings (SSSR count). The summed E-state index contributed by atoms with van der Waals surface area (Å²) in [6, 6.07) is 8.17. The van der Waals surface area contributed by atoms with Gasteiger partial charge in [-0.1, -0.05) is 19.1 Å². The van der Waals surface area contributed by atoms with E-state index in [1.165, 1.54) is 5.56 Å². The van der Waals surface area contributed by atoms with Crippen molar-refractivity contribution in [3.8, 4) is 0 Å². The smallest absolute Gasteiger partial charge is 0.224 e. The van der Waals surface area contributed by atoms with Gasteiger partial charge in [0, 0.05) is 44.8 Å². The van der Waals surface area contributed by atoms with E-state index in [1.54, 1.807) is 0 Å². The molecular formula is C17H28N4O. The first-order valence-electron chi connectivity index (χ1n) is 8.25. The van der Waals surface area contributed by atoms with Crippen LogP contribution >= 0.6 is 0 Å². The van der Waals surface area contributed by atoms with E-state index in [-0.39, 0.29) is 5.91 Å². The van der Waals surface area contributed by atoms with E-state index in [4.69, 9.17) is 5.73 Å². The Labute approximate surface area is 133 Å². The average Bonchev–Trinajstić information content (AvgIpc) is 2.55.